The highest BCUT2D eigenvalue weighted by Crippen LogP contribution is 2.69. The third-order valence-electron chi connectivity index (χ3n) is 7.88. The van der Waals surface area contributed by atoms with Gasteiger partial charge in [0.05, 0.1) is 5.56 Å². The SMILES string of the molecule is COC1(c2cccc(OC(=O)c3ccccc3)c2)OOC12C1CC3CC(C1)CC2C3. The van der Waals surface area contributed by atoms with Gasteiger partial charge in [0.25, 0.3) is 5.79 Å². The van der Waals surface area contributed by atoms with E-state index < -0.39 is 11.4 Å². The van der Waals surface area contributed by atoms with Crippen LogP contribution in [0.25, 0.3) is 0 Å². The molecule has 0 aromatic heterocycles. The van der Waals surface area contributed by atoms with E-state index in [0.717, 1.165) is 17.4 Å². The van der Waals surface area contributed by atoms with Gasteiger partial charge in [0, 0.05) is 12.7 Å². The van der Waals surface area contributed by atoms with E-state index in [1.54, 1.807) is 25.3 Å². The molecule has 1 unspecified atom stereocenters. The minimum absolute atomic E-state index is 0.380. The zero-order valence-corrected chi connectivity index (χ0v) is 17.1. The highest BCUT2D eigenvalue weighted by Gasteiger charge is 2.76. The molecule has 1 heterocycles. The Hall–Kier alpha value is -2.21. The molecule has 1 saturated heterocycles. The van der Waals surface area contributed by atoms with Crippen molar-refractivity contribution < 1.29 is 24.0 Å². The number of carbonyl (C=O) groups is 1. The molecule has 5 heteroatoms. The lowest BCUT2D eigenvalue weighted by molar-refractivity contribution is -0.645. The predicted octanol–water partition coefficient (Wildman–Crippen LogP) is 4.86. The van der Waals surface area contributed by atoms with Crippen molar-refractivity contribution in [3.63, 3.8) is 0 Å². The molecule has 1 aliphatic heterocycles. The van der Waals surface area contributed by atoms with Crippen LogP contribution < -0.4 is 4.74 Å². The van der Waals surface area contributed by atoms with Crippen LogP contribution in [0.1, 0.15) is 48.0 Å². The third kappa shape index (κ3) is 2.43. The molecular formula is C25H26O5. The summed E-state index contributed by atoms with van der Waals surface area (Å²) in [5.41, 5.74) is 0.921. The van der Waals surface area contributed by atoms with Gasteiger partial charge in [-0.2, -0.15) is 4.89 Å². The Kier molecular flexibility index (Phi) is 4.11. The van der Waals surface area contributed by atoms with Crippen LogP contribution in [0.3, 0.4) is 0 Å². The molecule has 7 rings (SSSR count). The summed E-state index contributed by atoms with van der Waals surface area (Å²) in [6.45, 7) is 0. The van der Waals surface area contributed by atoms with Crippen molar-refractivity contribution in [3.8, 4) is 5.75 Å². The molecule has 4 bridgehead atoms. The number of hydrogen-bond acceptors (Lipinski definition) is 5. The maximum absolute atomic E-state index is 12.5. The first-order chi connectivity index (χ1) is 14.6. The first kappa shape index (κ1) is 18.6. The largest absolute Gasteiger partial charge is 0.423 e. The molecule has 1 atom stereocenters. The summed E-state index contributed by atoms with van der Waals surface area (Å²) in [4.78, 5) is 24.3. The van der Waals surface area contributed by atoms with Gasteiger partial charge in [0.1, 0.15) is 5.75 Å². The van der Waals surface area contributed by atoms with Crippen molar-refractivity contribution in [2.24, 2.45) is 23.7 Å². The lowest BCUT2D eigenvalue weighted by atomic mass is 9.47. The van der Waals surface area contributed by atoms with Crippen molar-refractivity contribution >= 4 is 5.97 Å². The molecule has 5 nitrogen and oxygen atoms in total. The maximum atomic E-state index is 12.5. The number of methoxy groups -OCH3 is 1. The summed E-state index contributed by atoms with van der Waals surface area (Å²) in [5.74, 6) is 1.66. The van der Waals surface area contributed by atoms with E-state index in [9.17, 15) is 4.79 Å². The topological polar surface area (TPSA) is 54.0 Å². The molecule has 5 aliphatic rings. The Labute approximate surface area is 176 Å². The monoisotopic (exact) mass is 406 g/mol. The number of rotatable bonds is 4. The van der Waals surface area contributed by atoms with Gasteiger partial charge in [0.2, 0.25) is 0 Å². The second kappa shape index (κ2) is 6.64. The summed E-state index contributed by atoms with van der Waals surface area (Å²) < 4.78 is 11.7. The van der Waals surface area contributed by atoms with Gasteiger partial charge in [-0.25, -0.2) is 9.68 Å². The fourth-order valence-electron chi connectivity index (χ4n) is 6.86. The van der Waals surface area contributed by atoms with Crippen molar-refractivity contribution in [2.75, 3.05) is 7.11 Å². The minimum Gasteiger partial charge on any atom is -0.423 e. The number of carbonyl (C=O) groups excluding carboxylic acids is 1. The predicted molar refractivity (Wildman–Crippen MR) is 108 cm³/mol. The Morgan fingerprint density at radius 1 is 0.900 bits per heavy atom. The molecule has 30 heavy (non-hydrogen) atoms. The van der Waals surface area contributed by atoms with Gasteiger partial charge in [-0.1, -0.05) is 30.3 Å². The van der Waals surface area contributed by atoms with E-state index in [0.29, 0.717) is 23.1 Å². The van der Waals surface area contributed by atoms with Gasteiger partial charge in [-0.05, 0) is 80.0 Å². The van der Waals surface area contributed by atoms with Crippen LogP contribution in [0.4, 0.5) is 0 Å². The summed E-state index contributed by atoms with van der Waals surface area (Å²) in [5, 5.41) is 0. The quantitative estimate of drug-likeness (QED) is 0.412. The number of esters is 1. The van der Waals surface area contributed by atoms with Crippen molar-refractivity contribution in [2.45, 2.75) is 43.5 Å². The van der Waals surface area contributed by atoms with Crippen LogP contribution in [-0.4, -0.2) is 18.7 Å². The normalized spacial score (nSPS) is 38.4. The van der Waals surface area contributed by atoms with Crippen LogP contribution in [0.2, 0.25) is 0 Å². The van der Waals surface area contributed by atoms with E-state index in [2.05, 4.69) is 0 Å². The number of ether oxygens (including phenoxy) is 2. The first-order valence-electron chi connectivity index (χ1n) is 10.9. The molecular weight excluding hydrogens is 380 g/mol. The Morgan fingerprint density at radius 3 is 2.20 bits per heavy atom. The fraction of sp³-hybridized carbons (Fsp3) is 0.480. The van der Waals surface area contributed by atoms with Gasteiger partial charge < -0.3 is 9.47 Å². The van der Waals surface area contributed by atoms with Crippen molar-refractivity contribution in [3.05, 3.63) is 65.7 Å². The van der Waals surface area contributed by atoms with Crippen LogP contribution in [0, 0.1) is 23.7 Å². The van der Waals surface area contributed by atoms with E-state index in [-0.39, 0.29) is 5.97 Å². The molecule has 4 aliphatic carbocycles. The van der Waals surface area contributed by atoms with E-state index >= 15 is 0 Å². The zero-order chi connectivity index (χ0) is 20.3. The third-order valence-corrected chi connectivity index (χ3v) is 7.88. The number of hydrogen-bond donors (Lipinski definition) is 0. The van der Waals surface area contributed by atoms with Crippen LogP contribution in [0.15, 0.2) is 54.6 Å². The molecule has 1 spiro atoms. The summed E-state index contributed by atoms with van der Waals surface area (Å²) >= 11 is 0. The average Bonchev–Trinajstić information content (AvgIpc) is 2.74. The van der Waals surface area contributed by atoms with Crippen molar-refractivity contribution in [1.29, 1.82) is 0 Å². The van der Waals surface area contributed by atoms with Crippen LogP contribution in [0.5, 0.6) is 5.75 Å². The first-order valence-corrected chi connectivity index (χ1v) is 10.9. The molecule has 0 amide bonds. The van der Waals surface area contributed by atoms with Gasteiger partial charge in [-0.3, -0.25) is 0 Å². The average molecular weight is 406 g/mol. The highest BCUT2D eigenvalue weighted by molar-refractivity contribution is 5.90. The standard InChI is InChI=1S/C25H26O5/c1-27-25(24(29-30-25)20-11-16-10-17(13-20)14-21(24)12-16)19-8-5-9-22(15-19)28-23(26)18-6-3-2-4-7-18/h2-9,15-17,20-21H,10-14H2,1H3. The van der Waals surface area contributed by atoms with Gasteiger partial charge in [-0.15, -0.1) is 0 Å². The summed E-state index contributed by atoms with van der Waals surface area (Å²) in [6.07, 6.45) is 6.11. The zero-order valence-electron chi connectivity index (χ0n) is 17.1. The Balaban J connectivity index is 1.33. The Morgan fingerprint density at radius 2 is 1.60 bits per heavy atom. The molecule has 2 aromatic rings. The summed E-state index contributed by atoms with van der Waals surface area (Å²) in [7, 11) is 1.69. The maximum Gasteiger partial charge on any atom is 0.343 e. The van der Waals surface area contributed by atoms with Crippen LogP contribution in [-0.2, 0) is 20.3 Å². The highest BCUT2D eigenvalue weighted by atomic mass is 17.3. The molecule has 5 fully saturated rings. The molecule has 0 radical (unpaired) electrons. The fourth-order valence-corrected chi connectivity index (χ4v) is 6.86. The second-order valence-electron chi connectivity index (χ2n) is 9.37. The second-order valence-corrected chi connectivity index (χ2v) is 9.37. The smallest absolute Gasteiger partial charge is 0.343 e. The van der Waals surface area contributed by atoms with Crippen molar-refractivity contribution in [1.82, 2.24) is 0 Å². The summed E-state index contributed by atoms with van der Waals surface area (Å²) in [6, 6.07) is 16.5. The van der Waals surface area contributed by atoms with E-state index in [1.165, 1.54) is 32.1 Å². The molecule has 156 valence electrons. The molecule has 2 aromatic carbocycles. The number of benzene rings is 2. The molecule has 4 saturated carbocycles. The Bertz CT molecular complexity index is 939. The van der Waals surface area contributed by atoms with Gasteiger partial charge >= 0.3 is 5.97 Å². The lowest BCUT2D eigenvalue weighted by Crippen LogP contribution is -2.76. The van der Waals surface area contributed by atoms with Gasteiger partial charge in [0.15, 0.2) is 5.60 Å². The molecule has 0 N–H and O–H groups in total. The minimum atomic E-state index is -0.954. The van der Waals surface area contributed by atoms with Crippen LogP contribution >= 0.6 is 0 Å². The van der Waals surface area contributed by atoms with E-state index in [4.69, 9.17) is 19.2 Å². The van der Waals surface area contributed by atoms with E-state index in [1.807, 2.05) is 36.4 Å². The lowest BCUT2D eigenvalue weighted by Gasteiger charge is -2.68.